The van der Waals surface area contributed by atoms with Gasteiger partial charge in [0.05, 0.1) is 5.75 Å². The van der Waals surface area contributed by atoms with Crippen LogP contribution >= 0.6 is 11.8 Å². The number of aromatic amines is 1. The molecule has 0 saturated heterocycles. The van der Waals surface area contributed by atoms with Crippen molar-refractivity contribution in [2.45, 2.75) is 36.2 Å². The highest BCUT2D eigenvalue weighted by molar-refractivity contribution is 7.98. The second kappa shape index (κ2) is 4.68. The lowest BCUT2D eigenvalue weighted by molar-refractivity contribution is 0.0678. The summed E-state index contributed by atoms with van der Waals surface area (Å²) in [5.74, 6) is 2.07. The van der Waals surface area contributed by atoms with Crippen molar-refractivity contribution < 1.29 is 8.78 Å². The highest BCUT2D eigenvalue weighted by Crippen LogP contribution is 2.38. The van der Waals surface area contributed by atoms with Crippen molar-refractivity contribution in [3.05, 3.63) is 24.0 Å². The molecule has 0 atom stereocenters. The van der Waals surface area contributed by atoms with Gasteiger partial charge in [0.15, 0.2) is 0 Å². The van der Waals surface area contributed by atoms with E-state index in [1.165, 1.54) is 24.2 Å². The molecule has 96 valence electrons. The van der Waals surface area contributed by atoms with E-state index < -0.39 is 6.55 Å². The van der Waals surface area contributed by atoms with Gasteiger partial charge in [0, 0.05) is 18.3 Å². The Bertz CT molecular complexity index is 534. The fourth-order valence-corrected chi connectivity index (χ4v) is 2.38. The number of thioether (sulfide) groups is 1. The summed E-state index contributed by atoms with van der Waals surface area (Å²) in [6, 6.07) is 0. The number of nitrogens with zero attached hydrogens (tertiary/aromatic N) is 4. The Balaban J connectivity index is 1.64. The minimum absolute atomic E-state index is 0.327. The van der Waals surface area contributed by atoms with E-state index in [1.807, 2.05) is 0 Å². The molecule has 18 heavy (non-hydrogen) atoms. The van der Waals surface area contributed by atoms with Gasteiger partial charge in [-0.1, -0.05) is 11.8 Å². The summed E-state index contributed by atoms with van der Waals surface area (Å²) in [4.78, 5) is 8.22. The van der Waals surface area contributed by atoms with Crippen LogP contribution in [0.3, 0.4) is 0 Å². The van der Waals surface area contributed by atoms with E-state index in [2.05, 4.69) is 20.2 Å². The van der Waals surface area contributed by atoms with Gasteiger partial charge in [-0.2, -0.15) is 8.78 Å². The maximum absolute atomic E-state index is 12.6. The Labute approximate surface area is 106 Å². The summed E-state index contributed by atoms with van der Waals surface area (Å²) < 4.78 is 26.0. The van der Waals surface area contributed by atoms with Crippen molar-refractivity contribution in [3.63, 3.8) is 0 Å². The first-order valence-electron chi connectivity index (χ1n) is 5.59. The second-order valence-corrected chi connectivity index (χ2v) is 5.04. The summed E-state index contributed by atoms with van der Waals surface area (Å²) in [6.45, 7) is -2.56. The van der Waals surface area contributed by atoms with Crippen molar-refractivity contribution in [2.75, 3.05) is 0 Å². The molecule has 0 spiro atoms. The number of rotatable bonds is 5. The Hall–Kier alpha value is -1.44. The first-order chi connectivity index (χ1) is 8.74. The van der Waals surface area contributed by atoms with E-state index >= 15 is 0 Å². The Kier molecular flexibility index (Phi) is 3.02. The van der Waals surface area contributed by atoms with Gasteiger partial charge >= 0.3 is 6.55 Å². The van der Waals surface area contributed by atoms with Crippen molar-refractivity contribution in [1.82, 2.24) is 24.7 Å². The standard InChI is InChI=1S/C10H11F2N5S/c11-9(12)17-4-3-13-7(17)5-18-10-14-8(15-16-10)6-1-2-6/h3-4,6,9H,1-2,5H2,(H,14,15,16). The van der Waals surface area contributed by atoms with Crippen LogP contribution in [-0.4, -0.2) is 24.7 Å². The quantitative estimate of drug-likeness (QED) is 0.849. The highest BCUT2D eigenvalue weighted by Gasteiger charge is 2.27. The molecule has 1 saturated carbocycles. The molecular weight excluding hydrogens is 260 g/mol. The number of H-pyrrole nitrogens is 1. The maximum atomic E-state index is 12.6. The van der Waals surface area contributed by atoms with Crippen molar-refractivity contribution in [3.8, 4) is 0 Å². The van der Waals surface area contributed by atoms with E-state index in [4.69, 9.17) is 0 Å². The Morgan fingerprint density at radius 1 is 1.50 bits per heavy atom. The predicted molar refractivity (Wildman–Crippen MR) is 61.4 cm³/mol. The minimum atomic E-state index is -2.56. The van der Waals surface area contributed by atoms with Crippen LogP contribution in [0, 0.1) is 0 Å². The van der Waals surface area contributed by atoms with E-state index in [1.54, 1.807) is 0 Å². The lowest BCUT2D eigenvalue weighted by atomic mass is 10.4. The molecular formula is C10H11F2N5S. The smallest absolute Gasteiger partial charge is 0.277 e. The van der Waals surface area contributed by atoms with Crippen LogP contribution in [0.5, 0.6) is 0 Å². The number of aromatic nitrogens is 5. The highest BCUT2D eigenvalue weighted by atomic mass is 32.2. The molecule has 5 nitrogen and oxygen atoms in total. The van der Waals surface area contributed by atoms with Crippen LogP contribution in [0.2, 0.25) is 0 Å². The number of alkyl halides is 2. The Morgan fingerprint density at radius 3 is 3.06 bits per heavy atom. The van der Waals surface area contributed by atoms with Gasteiger partial charge < -0.3 is 0 Å². The molecule has 1 N–H and O–H groups in total. The van der Waals surface area contributed by atoms with Gasteiger partial charge in [-0.05, 0) is 12.8 Å². The lowest BCUT2D eigenvalue weighted by Crippen LogP contribution is -2.02. The molecule has 1 aliphatic rings. The van der Waals surface area contributed by atoms with E-state index in [9.17, 15) is 8.78 Å². The van der Waals surface area contributed by atoms with Gasteiger partial charge in [-0.25, -0.2) is 9.97 Å². The first kappa shape index (κ1) is 11.6. The van der Waals surface area contributed by atoms with Gasteiger partial charge in [0.2, 0.25) is 5.16 Å². The van der Waals surface area contributed by atoms with E-state index in [0.29, 0.717) is 22.7 Å². The molecule has 1 aliphatic carbocycles. The molecule has 0 unspecified atom stereocenters. The van der Waals surface area contributed by atoms with Crippen molar-refractivity contribution >= 4 is 11.8 Å². The van der Waals surface area contributed by atoms with Gasteiger partial charge in [-0.3, -0.25) is 9.67 Å². The van der Waals surface area contributed by atoms with Crippen LogP contribution in [-0.2, 0) is 5.75 Å². The van der Waals surface area contributed by atoms with Gasteiger partial charge in [0.25, 0.3) is 0 Å². The molecule has 2 heterocycles. The van der Waals surface area contributed by atoms with Crippen LogP contribution in [0.15, 0.2) is 17.6 Å². The zero-order chi connectivity index (χ0) is 12.5. The van der Waals surface area contributed by atoms with Crippen LogP contribution in [0.4, 0.5) is 8.78 Å². The third-order valence-corrected chi connectivity index (χ3v) is 3.58. The van der Waals surface area contributed by atoms with Crippen molar-refractivity contribution in [2.24, 2.45) is 0 Å². The average Bonchev–Trinajstić information content (AvgIpc) is 2.92. The number of imidazole rings is 1. The van der Waals surface area contributed by atoms with Crippen LogP contribution in [0.25, 0.3) is 0 Å². The summed E-state index contributed by atoms with van der Waals surface area (Å²) in [7, 11) is 0. The number of hydrogen-bond acceptors (Lipinski definition) is 4. The topological polar surface area (TPSA) is 59.4 Å². The monoisotopic (exact) mass is 271 g/mol. The predicted octanol–water partition coefficient (Wildman–Crippen LogP) is 2.57. The van der Waals surface area contributed by atoms with Gasteiger partial charge in [-0.15, -0.1) is 5.10 Å². The molecule has 8 heteroatoms. The minimum Gasteiger partial charge on any atom is -0.277 e. The normalized spacial score (nSPS) is 15.5. The lowest BCUT2D eigenvalue weighted by Gasteiger charge is -2.04. The number of nitrogens with one attached hydrogen (secondary N) is 1. The van der Waals surface area contributed by atoms with Crippen LogP contribution in [0.1, 0.15) is 37.0 Å². The van der Waals surface area contributed by atoms with Crippen LogP contribution < -0.4 is 0 Å². The molecule has 2 aromatic heterocycles. The van der Waals surface area contributed by atoms with E-state index in [-0.39, 0.29) is 0 Å². The molecule has 0 bridgehead atoms. The summed E-state index contributed by atoms with van der Waals surface area (Å²) in [6.07, 6.45) is 4.94. The summed E-state index contributed by atoms with van der Waals surface area (Å²) in [5.41, 5.74) is 0. The molecule has 0 radical (unpaired) electrons. The van der Waals surface area contributed by atoms with Gasteiger partial charge in [0.1, 0.15) is 11.6 Å². The van der Waals surface area contributed by atoms with E-state index in [0.717, 1.165) is 23.2 Å². The maximum Gasteiger partial charge on any atom is 0.319 e. The number of halogens is 2. The average molecular weight is 271 g/mol. The zero-order valence-electron chi connectivity index (χ0n) is 9.38. The molecule has 0 aromatic carbocycles. The zero-order valence-corrected chi connectivity index (χ0v) is 10.2. The van der Waals surface area contributed by atoms with Crippen molar-refractivity contribution in [1.29, 1.82) is 0 Å². The molecule has 0 amide bonds. The summed E-state index contributed by atoms with van der Waals surface area (Å²) >= 11 is 1.31. The summed E-state index contributed by atoms with van der Waals surface area (Å²) in [5, 5.41) is 7.52. The largest absolute Gasteiger partial charge is 0.319 e. The number of hydrogen-bond donors (Lipinski definition) is 1. The third-order valence-electron chi connectivity index (χ3n) is 2.74. The third kappa shape index (κ3) is 2.38. The Morgan fingerprint density at radius 2 is 2.33 bits per heavy atom. The molecule has 2 aromatic rings. The first-order valence-corrected chi connectivity index (χ1v) is 6.57. The second-order valence-electron chi connectivity index (χ2n) is 4.09. The molecule has 0 aliphatic heterocycles. The fourth-order valence-electron chi connectivity index (χ4n) is 1.62. The molecule has 1 fully saturated rings. The SMILES string of the molecule is FC(F)n1ccnc1CSc1n[nH]c(C2CC2)n1. The molecule has 3 rings (SSSR count). The fraction of sp³-hybridized carbons (Fsp3) is 0.500.